The average molecular weight is 261 g/mol. The van der Waals surface area contributed by atoms with Gasteiger partial charge in [0.05, 0.1) is 6.61 Å². The summed E-state index contributed by atoms with van der Waals surface area (Å²) in [5.74, 6) is 0.940. The number of hydrogen-bond donors (Lipinski definition) is 1. The van der Waals surface area contributed by atoms with Crippen LogP contribution in [0.2, 0.25) is 0 Å². The summed E-state index contributed by atoms with van der Waals surface area (Å²) in [6.07, 6.45) is 0. The highest BCUT2D eigenvalue weighted by atomic mass is 32.1. The van der Waals surface area contributed by atoms with Crippen LogP contribution in [0.5, 0.6) is 5.75 Å². The SMILES string of the molecule is CCOc1ccc(CNCc2sccc2C)cc1. The molecule has 0 aliphatic carbocycles. The summed E-state index contributed by atoms with van der Waals surface area (Å²) in [4.78, 5) is 1.42. The molecular formula is C15H19NOS. The first-order chi connectivity index (χ1) is 8.79. The Kier molecular flexibility index (Phi) is 4.79. The highest BCUT2D eigenvalue weighted by Crippen LogP contribution is 2.15. The van der Waals surface area contributed by atoms with Crippen molar-refractivity contribution < 1.29 is 4.74 Å². The highest BCUT2D eigenvalue weighted by molar-refractivity contribution is 7.10. The predicted octanol–water partition coefficient (Wildman–Crippen LogP) is 3.75. The molecule has 0 saturated heterocycles. The summed E-state index contributed by atoms with van der Waals surface area (Å²) in [6.45, 7) is 6.71. The van der Waals surface area contributed by atoms with Gasteiger partial charge in [-0.25, -0.2) is 0 Å². The lowest BCUT2D eigenvalue weighted by Crippen LogP contribution is -2.12. The molecule has 1 aromatic heterocycles. The van der Waals surface area contributed by atoms with Gasteiger partial charge in [0.1, 0.15) is 5.75 Å². The first-order valence-electron chi connectivity index (χ1n) is 6.25. The second-order valence-electron chi connectivity index (χ2n) is 4.21. The molecular weight excluding hydrogens is 242 g/mol. The van der Waals surface area contributed by atoms with Crippen molar-refractivity contribution in [3.63, 3.8) is 0 Å². The van der Waals surface area contributed by atoms with Crippen molar-refractivity contribution in [1.82, 2.24) is 5.32 Å². The van der Waals surface area contributed by atoms with Crippen LogP contribution in [0.1, 0.15) is 22.9 Å². The van der Waals surface area contributed by atoms with Crippen molar-refractivity contribution >= 4 is 11.3 Å². The van der Waals surface area contributed by atoms with Crippen LogP contribution in [0.15, 0.2) is 35.7 Å². The van der Waals surface area contributed by atoms with E-state index in [9.17, 15) is 0 Å². The number of ether oxygens (including phenoxy) is 1. The summed E-state index contributed by atoms with van der Waals surface area (Å²) >= 11 is 1.81. The van der Waals surface area contributed by atoms with Crippen molar-refractivity contribution in [2.75, 3.05) is 6.61 Å². The molecule has 0 atom stereocenters. The molecule has 0 bridgehead atoms. The Morgan fingerprint density at radius 3 is 2.50 bits per heavy atom. The molecule has 96 valence electrons. The molecule has 2 aromatic rings. The van der Waals surface area contributed by atoms with Crippen LogP contribution < -0.4 is 10.1 Å². The van der Waals surface area contributed by atoms with Gasteiger partial charge in [0.15, 0.2) is 0 Å². The number of nitrogens with one attached hydrogen (secondary N) is 1. The maximum absolute atomic E-state index is 5.42. The second-order valence-corrected chi connectivity index (χ2v) is 5.21. The van der Waals surface area contributed by atoms with Crippen LogP contribution in [0.4, 0.5) is 0 Å². The van der Waals surface area contributed by atoms with Gasteiger partial charge in [0.2, 0.25) is 0 Å². The van der Waals surface area contributed by atoms with Crippen LogP contribution in [-0.2, 0) is 13.1 Å². The Morgan fingerprint density at radius 2 is 1.89 bits per heavy atom. The molecule has 0 spiro atoms. The molecule has 18 heavy (non-hydrogen) atoms. The van der Waals surface area contributed by atoms with Gasteiger partial charge in [-0.05, 0) is 48.6 Å². The Bertz CT molecular complexity index is 475. The zero-order chi connectivity index (χ0) is 12.8. The normalized spacial score (nSPS) is 10.6. The maximum Gasteiger partial charge on any atom is 0.119 e. The van der Waals surface area contributed by atoms with E-state index in [0.717, 1.165) is 25.4 Å². The molecule has 0 amide bonds. The van der Waals surface area contributed by atoms with Crippen molar-refractivity contribution in [3.8, 4) is 5.75 Å². The smallest absolute Gasteiger partial charge is 0.119 e. The first-order valence-corrected chi connectivity index (χ1v) is 7.13. The molecule has 0 unspecified atom stereocenters. The molecule has 0 fully saturated rings. The van der Waals surface area contributed by atoms with E-state index < -0.39 is 0 Å². The molecule has 2 rings (SSSR count). The summed E-state index contributed by atoms with van der Waals surface area (Å²) in [5.41, 5.74) is 2.66. The largest absolute Gasteiger partial charge is 0.494 e. The average Bonchev–Trinajstić information content (AvgIpc) is 2.78. The van der Waals surface area contributed by atoms with Crippen LogP contribution in [0.3, 0.4) is 0 Å². The molecule has 0 aliphatic rings. The summed E-state index contributed by atoms with van der Waals surface area (Å²) in [6, 6.07) is 10.4. The fourth-order valence-electron chi connectivity index (χ4n) is 1.78. The van der Waals surface area contributed by atoms with Gasteiger partial charge in [0.25, 0.3) is 0 Å². The number of thiophene rings is 1. The third-order valence-corrected chi connectivity index (χ3v) is 3.84. The minimum Gasteiger partial charge on any atom is -0.494 e. The minimum absolute atomic E-state index is 0.718. The van der Waals surface area contributed by atoms with E-state index in [4.69, 9.17) is 4.74 Å². The van der Waals surface area contributed by atoms with Crippen LogP contribution in [0.25, 0.3) is 0 Å². The van der Waals surface area contributed by atoms with E-state index in [1.165, 1.54) is 16.0 Å². The number of benzene rings is 1. The topological polar surface area (TPSA) is 21.3 Å². The zero-order valence-electron chi connectivity index (χ0n) is 10.9. The third-order valence-electron chi connectivity index (χ3n) is 2.82. The molecule has 1 aromatic carbocycles. The van der Waals surface area contributed by atoms with Gasteiger partial charge in [-0.15, -0.1) is 11.3 Å². The van der Waals surface area contributed by atoms with Gasteiger partial charge in [-0.3, -0.25) is 0 Å². The van der Waals surface area contributed by atoms with Crippen LogP contribution in [0, 0.1) is 6.92 Å². The highest BCUT2D eigenvalue weighted by Gasteiger charge is 1.99. The molecule has 0 aliphatic heterocycles. The summed E-state index contributed by atoms with van der Waals surface area (Å²) in [7, 11) is 0. The number of aryl methyl sites for hydroxylation is 1. The second kappa shape index (κ2) is 6.57. The van der Waals surface area contributed by atoms with E-state index in [0.29, 0.717) is 0 Å². The molecule has 1 N–H and O–H groups in total. The van der Waals surface area contributed by atoms with Gasteiger partial charge < -0.3 is 10.1 Å². The van der Waals surface area contributed by atoms with E-state index in [-0.39, 0.29) is 0 Å². The molecule has 0 saturated carbocycles. The van der Waals surface area contributed by atoms with Gasteiger partial charge in [-0.2, -0.15) is 0 Å². The van der Waals surface area contributed by atoms with Gasteiger partial charge in [0, 0.05) is 18.0 Å². The van der Waals surface area contributed by atoms with Crippen molar-refractivity contribution in [3.05, 3.63) is 51.7 Å². The van der Waals surface area contributed by atoms with Gasteiger partial charge >= 0.3 is 0 Å². The van der Waals surface area contributed by atoms with Crippen molar-refractivity contribution in [2.45, 2.75) is 26.9 Å². The van der Waals surface area contributed by atoms with Crippen LogP contribution in [-0.4, -0.2) is 6.61 Å². The van der Waals surface area contributed by atoms with Crippen LogP contribution >= 0.6 is 11.3 Å². The Hall–Kier alpha value is -1.32. The monoisotopic (exact) mass is 261 g/mol. The quantitative estimate of drug-likeness (QED) is 0.855. The molecule has 2 nitrogen and oxygen atoms in total. The number of hydrogen-bond acceptors (Lipinski definition) is 3. The standard InChI is InChI=1S/C15H19NOS/c1-3-17-14-6-4-13(5-7-14)10-16-11-15-12(2)8-9-18-15/h4-9,16H,3,10-11H2,1-2H3. The van der Waals surface area contributed by atoms with E-state index >= 15 is 0 Å². The minimum atomic E-state index is 0.718. The maximum atomic E-state index is 5.42. The number of rotatable bonds is 6. The van der Waals surface area contributed by atoms with Crippen molar-refractivity contribution in [1.29, 1.82) is 0 Å². The lowest BCUT2D eigenvalue weighted by atomic mass is 10.2. The molecule has 1 heterocycles. The Labute approximate surface area is 113 Å². The molecule has 0 radical (unpaired) electrons. The van der Waals surface area contributed by atoms with E-state index in [1.54, 1.807) is 0 Å². The zero-order valence-corrected chi connectivity index (χ0v) is 11.7. The third kappa shape index (κ3) is 3.59. The summed E-state index contributed by atoms with van der Waals surface area (Å²) < 4.78 is 5.42. The molecule has 3 heteroatoms. The first kappa shape index (κ1) is 13.1. The lowest BCUT2D eigenvalue weighted by molar-refractivity contribution is 0.340. The van der Waals surface area contributed by atoms with E-state index in [1.807, 2.05) is 30.4 Å². The Morgan fingerprint density at radius 1 is 1.11 bits per heavy atom. The Balaban J connectivity index is 1.81. The van der Waals surface area contributed by atoms with Crippen molar-refractivity contribution in [2.24, 2.45) is 0 Å². The fraction of sp³-hybridized carbons (Fsp3) is 0.333. The fourth-order valence-corrected chi connectivity index (χ4v) is 2.65. The predicted molar refractivity (Wildman–Crippen MR) is 77.2 cm³/mol. The summed E-state index contributed by atoms with van der Waals surface area (Å²) in [5, 5.41) is 5.61. The van der Waals surface area contributed by atoms with Gasteiger partial charge in [-0.1, -0.05) is 12.1 Å². The lowest BCUT2D eigenvalue weighted by Gasteiger charge is -2.06. The van der Waals surface area contributed by atoms with E-state index in [2.05, 4.69) is 35.8 Å².